The van der Waals surface area contributed by atoms with Crippen LogP contribution in [-0.4, -0.2) is 71.0 Å². The maximum Gasteiger partial charge on any atom is 0.407 e. The van der Waals surface area contributed by atoms with Gasteiger partial charge in [0.05, 0.1) is 6.04 Å². The van der Waals surface area contributed by atoms with Crippen LogP contribution in [0.25, 0.3) is 16.5 Å². The largest absolute Gasteiger partial charge is 0.447 e. The molecule has 0 spiro atoms. The summed E-state index contributed by atoms with van der Waals surface area (Å²) >= 11 is 0. The number of Topliss-reactive ketones (excluding diaryl/α,β-unsaturated/α-hetero) is 1. The summed E-state index contributed by atoms with van der Waals surface area (Å²) < 4.78 is 5.01. The first-order valence-electron chi connectivity index (χ1n) is 15.4. The standard InChI is InChI=1S/C24H25N3O2.C12H15NO.H2O/c28-24-26-20(16-29-24)12-18-6-7-23-21(13-18)22(14-25-23)19-8-10-27(11-9-19)15-17-4-2-1-3-5-17;14-12-6-8-13(9-7-12)10-11-4-2-1-3-5-11;/h1-8,13-14,20,25H,9-12,15-16H2,(H,26,28);1-5H,6-10H2;1H2/t20-;;/m1../s1. The van der Waals surface area contributed by atoms with Crippen molar-refractivity contribution in [3.8, 4) is 0 Å². The molecule has 0 saturated carbocycles. The van der Waals surface area contributed by atoms with Gasteiger partial charge in [-0.2, -0.15) is 0 Å². The van der Waals surface area contributed by atoms with E-state index in [4.69, 9.17) is 4.74 Å². The van der Waals surface area contributed by atoms with E-state index >= 15 is 0 Å². The highest BCUT2D eigenvalue weighted by Gasteiger charge is 2.23. The summed E-state index contributed by atoms with van der Waals surface area (Å²) in [6.07, 6.45) is 7.48. The van der Waals surface area contributed by atoms with Crippen LogP contribution >= 0.6 is 0 Å². The fourth-order valence-corrected chi connectivity index (χ4v) is 6.12. The maximum atomic E-state index is 11.3. The first kappa shape index (κ1) is 31.2. The molecule has 4 N–H and O–H groups in total. The van der Waals surface area contributed by atoms with Gasteiger partial charge >= 0.3 is 6.09 Å². The highest BCUT2D eigenvalue weighted by molar-refractivity contribution is 5.93. The van der Waals surface area contributed by atoms with Gasteiger partial charge in [0.2, 0.25) is 0 Å². The van der Waals surface area contributed by atoms with Crippen molar-refractivity contribution in [2.24, 2.45) is 0 Å². The molecule has 7 rings (SSSR count). The van der Waals surface area contributed by atoms with Crippen molar-refractivity contribution in [1.82, 2.24) is 20.1 Å². The van der Waals surface area contributed by atoms with Gasteiger partial charge in [0.25, 0.3) is 0 Å². The first-order valence-corrected chi connectivity index (χ1v) is 15.4. The molecule has 230 valence electrons. The number of nitrogens with one attached hydrogen (secondary N) is 2. The van der Waals surface area contributed by atoms with E-state index in [9.17, 15) is 9.59 Å². The lowest BCUT2D eigenvalue weighted by Crippen LogP contribution is -2.33. The monoisotopic (exact) mass is 594 g/mol. The minimum absolute atomic E-state index is 0. The fourth-order valence-electron chi connectivity index (χ4n) is 6.12. The van der Waals surface area contributed by atoms with Crippen LogP contribution in [0, 0.1) is 0 Å². The molecule has 0 unspecified atom stereocenters. The molecule has 3 aliphatic heterocycles. The number of fused-ring (bicyclic) bond motifs is 1. The van der Waals surface area contributed by atoms with E-state index in [0.717, 1.165) is 70.5 Å². The minimum atomic E-state index is -0.314. The van der Waals surface area contributed by atoms with Crippen LogP contribution in [0.3, 0.4) is 0 Å². The van der Waals surface area contributed by atoms with E-state index < -0.39 is 0 Å². The summed E-state index contributed by atoms with van der Waals surface area (Å²) in [5.74, 6) is 0.411. The Morgan fingerprint density at radius 1 is 0.773 bits per heavy atom. The summed E-state index contributed by atoms with van der Waals surface area (Å²) in [5, 5.41) is 4.12. The predicted molar refractivity (Wildman–Crippen MR) is 174 cm³/mol. The first-order chi connectivity index (χ1) is 21.1. The van der Waals surface area contributed by atoms with Crippen LogP contribution in [0.4, 0.5) is 4.79 Å². The normalized spacial score (nSPS) is 18.9. The number of ether oxygens (including phenoxy) is 1. The second-order valence-electron chi connectivity index (χ2n) is 11.7. The smallest absolute Gasteiger partial charge is 0.407 e. The van der Waals surface area contributed by atoms with Gasteiger partial charge < -0.3 is 20.5 Å². The number of amides is 1. The number of likely N-dealkylation sites (tertiary alicyclic amines) is 1. The molecule has 2 fully saturated rings. The third kappa shape index (κ3) is 8.23. The molecular weight excluding hydrogens is 552 g/mol. The Morgan fingerprint density at radius 3 is 2.05 bits per heavy atom. The summed E-state index contributed by atoms with van der Waals surface area (Å²) in [4.78, 5) is 30.5. The molecule has 4 aromatic rings. The van der Waals surface area contributed by atoms with Crippen molar-refractivity contribution in [3.63, 3.8) is 0 Å². The highest BCUT2D eigenvalue weighted by atomic mass is 16.6. The number of cyclic esters (lactones) is 1. The van der Waals surface area contributed by atoms with E-state index in [1.807, 2.05) is 6.07 Å². The molecular formula is C36H42N4O4. The van der Waals surface area contributed by atoms with Gasteiger partial charge in [-0.3, -0.25) is 14.6 Å². The Bertz CT molecular complexity index is 1560. The molecule has 2 saturated heterocycles. The molecule has 1 aromatic heterocycles. The van der Waals surface area contributed by atoms with E-state index in [1.54, 1.807) is 0 Å². The second-order valence-corrected chi connectivity index (χ2v) is 11.7. The van der Waals surface area contributed by atoms with E-state index in [1.165, 1.54) is 33.2 Å². The summed E-state index contributed by atoms with van der Waals surface area (Å²) in [6, 6.07) is 27.7. The topological polar surface area (TPSA) is 109 Å². The minimum Gasteiger partial charge on any atom is -0.447 e. The van der Waals surface area contributed by atoms with Crippen LogP contribution in [0.15, 0.2) is 91.1 Å². The fraction of sp³-hybridized carbons (Fsp3) is 0.333. The number of hydrogen-bond acceptors (Lipinski definition) is 5. The van der Waals surface area contributed by atoms with Crippen molar-refractivity contribution >= 4 is 28.4 Å². The summed E-state index contributed by atoms with van der Waals surface area (Å²) in [6.45, 7) is 6.31. The van der Waals surface area contributed by atoms with Crippen molar-refractivity contribution < 1.29 is 19.8 Å². The van der Waals surface area contributed by atoms with Gasteiger partial charge in [0.1, 0.15) is 12.4 Å². The third-order valence-electron chi connectivity index (χ3n) is 8.52. The highest BCUT2D eigenvalue weighted by Crippen LogP contribution is 2.30. The lowest BCUT2D eigenvalue weighted by molar-refractivity contribution is -0.121. The zero-order valence-electron chi connectivity index (χ0n) is 25.1. The summed E-state index contributed by atoms with van der Waals surface area (Å²) in [7, 11) is 0. The number of H-pyrrole nitrogens is 1. The number of carbonyl (C=O) groups is 2. The lowest BCUT2D eigenvalue weighted by atomic mass is 9.96. The molecule has 1 atom stereocenters. The van der Waals surface area contributed by atoms with Gasteiger partial charge in [0, 0.05) is 74.8 Å². The van der Waals surface area contributed by atoms with Gasteiger partial charge in [-0.25, -0.2) is 4.79 Å². The van der Waals surface area contributed by atoms with Gasteiger partial charge in [-0.15, -0.1) is 0 Å². The number of piperidine rings is 1. The molecule has 3 aliphatic rings. The van der Waals surface area contributed by atoms with Gasteiger partial charge in [-0.05, 0) is 47.2 Å². The van der Waals surface area contributed by atoms with Crippen molar-refractivity contribution in [3.05, 3.63) is 113 Å². The number of alkyl carbamates (subject to hydrolysis) is 1. The maximum absolute atomic E-state index is 11.3. The average Bonchev–Trinajstić information content (AvgIpc) is 3.65. The van der Waals surface area contributed by atoms with E-state index in [0.29, 0.717) is 12.4 Å². The lowest BCUT2D eigenvalue weighted by Gasteiger charge is -2.26. The number of benzene rings is 3. The molecule has 0 bridgehead atoms. The van der Waals surface area contributed by atoms with Gasteiger partial charge in [-0.1, -0.05) is 72.8 Å². The zero-order chi connectivity index (χ0) is 29.4. The van der Waals surface area contributed by atoms with Gasteiger partial charge in [0.15, 0.2) is 0 Å². The number of aromatic amines is 1. The number of ketones is 1. The average molecular weight is 595 g/mol. The van der Waals surface area contributed by atoms with E-state index in [-0.39, 0.29) is 17.6 Å². The number of aromatic nitrogens is 1. The summed E-state index contributed by atoms with van der Waals surface area (Å²) in [5.41, 5.74) is 7.79. The molecule has 8 nitrogen and oxygen atoms in total. The quantitative estimate of drug-likeness (QED) is 0.308. The van der Waals surface area contributed by atoms with Crippen LogP contribution < -0.4 is 5.32 Å². The zero-order valence-corrected chi connectivity index (χ0v) is 25.1. The Labute approximate surface area is 259 Å². The SMILES string of the molecule is O.O=C1CCN(Cc2ccccc2)CC1.O=C1N[C@H](Cc2ccc3[nH]cc(C4=CCN(Cc5ccccc5)CC4)c3c2)CO1. The van der Waals surface area contributed by atoms with Crippen LogP contribution in [0.1, 0.15) is 41.5 Å². The predicted octanol–water partition coefficient (Wildman–Crippen LogP) is 5.13. The van der Waals surface area contributed by atoms with Crippen LogP contribution in [0.5, 0.6) is 0 Å². The molecule has 0 aliphatic carbocycles. The molecule has 0 radical (unpaired) electrons. The Morgan fingerprint density at radius 2 is 1.43 bits per heavy atom. The Hall–Kier alpha value is -4.24. The molecule has 8 heteroatoms. The molecule has 1 amide bonds. The number of carbonyl (C=O) groups excluding carboxylic acids is 2. The molecule has 3 aromatic carbocycles. The van der Waals surface area contributed by atoms with Crippen molar-refractivity contribution in [2.45, 2.75) is 44.8 Å². The van der Waals surface area contributed by atoms with Crippen molar-refractivity contribution in [1.29, 1.82) is 0 Å². The van der Waals surface area contributed by atoms with Crippen LogP contribution in [0.2, 0.25) is 0 Å². The molecule has 4 heterocycles. The number of nitrogens with zero attached hydrogens (tertiary/aromatic N) is 2. The second kappa shape index (κ2) is 15.0. The Kier molecular flexibility index (Phi) is 10.6. The number of hydrogen-bond donors (Lipinski definition) is 2. The third-order valence-corrected chi connectivity index (χ3v) is 8.52. The molecule has 44 heavy (non-hydrogen) atoms. The van der Waals surface area contributed by atoms with E-state index in [2.05, 4.69) is 105 Å². The van der Waals surface area contributed by atoms with Crippen LogP contribution in [-0.2, 0) is 29.0 Å². The number of rotatable bonds is 7. The Balaban J connectivity index is 0.000000216. The van der Waals surface area contributed by atoms with Crippen molar-refractivity contribution in [2.75, 3.05) is 32.8 Å².